The first kappa shape index (κ1) is 13.2. The van der Waals surface area contributed by atoms with Crippen LogP contribution in [0.5, 0.6) is 0 Å². The molecule has 1 aliphatic rings. The van der Waals surface area contributed by atoms with E-state index in [1.807, 2.05) is 12.1 Å². The van der Waals surface area contributed by atoms with Gasteiger partial charge in [-0.3, -0.25) is 4.98 Å². The third-order valence-electron chi connectivity index (χ3n) is 4.24. The van der Waals surface area contributed by atoms with E-state index in [0.29, 0.717) is 0 Å². The van der Waals surface area contributed by atoms with E-state index >= 15 is 0 Å². The summed E-state index contributed by atoms with van der Waals surface area (Å²) in [5, 5.41) is 1.04. The van der Waals surface area contributed by atoms with Crippen molar-refractivity contribution in [2.24, 2.45) is 5.92 Å². The average Bonchev–Trinajstić information content (AvgIpc) is 2.84. The van der Waals surface area contributed by atoms with Crippen LogP contribution in [0.2, 0.25) is 0 Å². The van der Waals surface area contributed by atoms with Crippen LogP contribution in [0.1, 0.15) is 6.42 Å². The monoisotopic (exact) mass is 270 g/mol. The Kier molecular flexibility index (Phi) is 3.49. The molecule has 1 atom stereocenters. The number of likely N-dealkylation sites (tertiary alicyclic amines) is 1. The Morgan fingerprint density at radius 2 is 2.25 bits per heavy atom. The van der Waals surface area contributed by atoms with Crippen molar-refractivity contribution in [1.29, 1.82) is 0 Å². The number of nitrogen functional groups attached to an aromatic ring is 1. The zero-order valence-electron chi connectivity index (χ0n) is 12.2. The molecular formula is C16H22N4. The minimum absolute atomic E-state index is 0.731. The largest absolute Gasteiger partial charge is 0.396 e. The molecule has 1 fully saturated rings. The van der Waals surface area contributed by atoms with E-state index in [1.165, 1.54) is 19.5 Å². The summed E-state index contributed by atoms with van der Waals surface area (Å²) in [5.41, 5.74) is 9.24. The molecule has 0 radical (unpaired) electrons. The first-order valence-corrected chi connectivity index (χ1v) is 7.18. The van der Waals surface area contributed by atoms with Crippen LogP contribution in [0, 0.1) is 5.92 Å². The molecule has 1 saturated heterocycles. The molecule has 1 unspecified atom stereocenters. The molecule has 0 saturated carbocycles. The quantitative estimate of drug-likeness (QED) is 0.869. The Bertz CT molecular complexity index is 610. The number of hydrogen-bond donors (Lipinski definition) is 1. The number of hydrogen-bond acceptors (Lipinski definition) is 4. The fourth-order valence-electron chi connectivity index (χ4n) is 3.16. The second-order valence-corrected chi connectivity index (χ2v) is 5.87. The van der Waals surface area contributed by atoms with Crippen LogP contribution >= 0.6 is 0 Å². The van der Waals surface area contributed by atoms with Crippen LogP contribution < -0.4 is 10.6 Å². The Hall–Kier alpha value is -1.81. The summed E-state index contributed by atoms with van der Waals surface area (Å²) in [6, 6.07) is 8.12. The van der Waals surface area contributed by atoms with Gasteiger partial charge in [0.15, 0.2) is 0 Å². The van der Waals surface area contributed by atoms with Crippen LogP contribution in [0.4, 0.5) is 11.4 Å². The summed E-state index contributed by atoms with van der Waals surface area (Å²) in [5.74, 6) is 0.731. The smallest absolute Gasteiger partial charge is 0.0724 e. The number of nitrogens with two attached hydrogens (primary N) is 1. The molecule has 0 aliphatic carbocycles. The Labute approximate surface area is 120 Å². The molecule has 4 heteroatoms. The molecule has 1 aliphatic heterocycles. The highest BCUT2D eigenvalue weighted by Crippen LogP contribution is 2.30. The van der Waals surface area contributed by atoms with Crippen LogP contribution in [-0.2, 0) is 0 Å². The van der Waals surface area contributed by atoms with Gasteiger partial charge in [0, 0.05) is 31.7 Å². The van der Waals surface area contributed by atoms with Gasteiger partial charge >= 0.3 is 0 Å². The fourth-order valence-corrected chi connectivity index (χ4v) is 3.16. The van der Waals surface area contributed by atoms with Crippen molar-refractivity contribution in [3.63, 3.8) is 0 Å². The summed E-state index contributed by atoms with van der Waals surface area (Å²) in [6.45, 7) is 3.44. The Balaban J connectivity index is 1.84. The molecule has 106 valence electrons. The third-order valence-corrected chi connectivity index (χ3v) is 4.24. The van der Waals surface area contributed by atoms with Crippen molar-refractivity contribution in [3.05, 3.63) is 30.5 Å². The summed E-state index contributed by atoms with van der Waals surface area (Å²) in [4.78, 5) is 9.03. The van der Waals surface area contributed by atoms with Gasteiger partial charge in [-0.2, -0.15) is 0 Å². The molecule has 1 aromatic carbocycles. The molecule has 0 spiro atoms. The molecule has 0 amide bonds. The Morgan fingerprint density at radius 3 is 3.00 bits per heavy atom. The Morgan fingerprint density at radius 1 is 1.40 bits per heavy atom. The number of rotatable bonds is 3. The highest BCUT2D eigenvalue weighted by atomic mass is 15.2. The summed E-state index contributed by atoms with van der Waals surface area (Å²) in [6.07, 6.45) is 3.08. The maximum absolute atomic E-state index is 6.33. The maximum atomic E-state index is 6.33. The van der Waals surface area contributed by atoms with Gasteiger partial charge in [0.2, 0.25) is 0 Å². The number of anilines is 2. The molecule has 0 bridgehead atoms. The number of aromatic nitrogens is 1. The lowest BCUT2D eigenvalue weighted by Crippen LogP contribution is -2.27. The average molecular weight is 270 g/mol. The third kappa shape index (κ3) is 2.43. The molecule has 1 aromatic heterocycles. The van der Waals surface area contributed by atoms with Crippen molar-refractivity contribution >= 4 is 22.3 Å². The first-order valence-electron chi connectivity index (χ1n) is 7.18. The van der Waals surface area contributed by atoms with E-state index in [1.54, 1.807) is 6.20 Å². The minimum atomic E-state index is 0.731. The van der Waals surface area contributed by atoms with E-state index in [2.05, 4.69) is 41.0 Å². The van der Waals surface area contributed by atoms with Gasteiger partial charge in [0.1, 0.15) is 0 Å². The van der Waals surface area contributed by atoms with Crippen molar-refractivity contribution in [1.82, 2.24) is 9.88 Å². The van der Waals surface area contributed by atoms with Crippen LogP contribution in [0.25, 0.3) is 10.9 Å². The molecule has 2 heterocycles. The molecule has 2 N–H and O–H groups in total. The van der Waals surface area contributed by atoms with Crippen molar-refractivity contribution in [2.75, 3.05) is 44.4 Å². The maximum Gasteiger partial charge on any atom is 0.0724 e. The van der Waals surface area contributed by atoms with Gasteiger partial charge in [-0.25, -0.2) is 0 Å². The van der Waals surface area contributed by atoms with Crippen molar-refractivity contribution < 1.29 is 0 Å². The first-order chi connectivity index (χ1) is 9.65. The lowest BCUT2D eigenvalue weighted by Gasteiger charge is -2.25. The summed E-state index contributed by atoms with van der Waals surface area (Å²) < 4.78 is 0. The molecule has 2 aromatic rings. The topological polar surface area (TPSA) is 45.4 Å². The lowest BCUT2D eigenvalue weighted by atomic mass is 10.1. The SMILES string of the molecule is CN1CCC(CN(C)c2ccc3ncccc3c2N)C1. The van der Waals surface area contributed by atoms with Gasteiger partial charge in [-0.1, -0.05) is 0 Å². The van der Waals surface area contributed by atoms with Gasteiger partial charge in [-0.05, 0) is 50.2 Å². The van der Waals surface area contributed by atoms with Gasteiger partial charge < -0.3 is 15.5 Å². The molecule has 4 nitrogen and oxygen atoms in total. The second kappa shape index (κ2) is 5.29. The highest BCUT2D eigenvalue weighted by molar-refractivity contribution is 5.97. The zero-order chi connectivity index (χ0) is 14.1. The van der Waals surface area contributed by atoms with Gasteiger partial charge in [-0.15, -0.1) is 0 Å². The van der Waals surface area contributed by atoms with E-state index in [4.69, 9.17) is 5.73 Å². The molecular weight excluding hydrogens is 248 g/mol. The summed E-state index contributed by atoms with van der Waals surface area (Å²) in [7, 11) is 4.32. The normalized spacial score (nSPS) is 19.6. The zero-order valence-corrected chi connectivity index (χ0v) is 12.2. The van der Waals surface area contributed by atoms with Crippen LogP contribution in [0.3, 0.4) is 0 Å². The van der Waals surface area contributed by atoms with E-state index in [9.17, 15) is 0 Å². The number of fused-ring (bicyclic) bond motifs is 1. The van der Waals surface area contributed by atoms with E-state index < -0.39 is 0 Å². The van der Waals surface area contributed by atoms with Crippen LogP contribution in [0.15, 0.2) is 30.5 Å². The number of pyridine rings is 1. The minimum Gasteiger partial charge on any atom is -0.396 e. The van der Waals surface area contributed by atoms with Crippen molar-refractivity contribution in [3.8, 4) is 0 Å². The number of nitrogens with zero attached hydrogens (tertiary/aromatic N) is 3. The standard InChI is InChI=1S/C16H22N4/c1-19-9-7-12(10-19)11-20(2)15-6-5-14-13(16(15)17)4-3-8-18-14/h3-6,8,12H,7,9-11,17H2,1-2H3. The van der Waals surface area contributed by atoms with E-state index in [-0.39, 0.29) is 0 Å². The van der Waals surface area contributed by atoms with Crippen molar-refractivity contribution in [2.45, 2.75) is 6.42 Å². The van der Waals surface area contributed by atoms with E-state index in [0.717, 1.165) is 34.7 Å². The van der Waals surface area contributed by atoms with Gasteiger partial charge in [0.05, 0.1) is 16.9 Å². The lowest BCUT2D eigenvalue weighted by molar-refractivity contribution is 0.396. The second-order valence-electron chi connectivity index (χ2n) is 5.87. The van der Waals surface area contributed by atoms with Gasteiger partial charge in [0.25, 0.3) is 0 Å². The molecule has 20 heavy (non-hydrogen) atoms. The van der Waals surface area contributed by atoms with Crippen LogP contribution in [-0.4, -0.2) is 43.6 Å². The predicted octanol–water partition coefficient (Wildman–Crippen LogP) is 2.20. The highest BCUT2D eigenvalue weighted by Gasteiger charge is 2.21. The summed E-state index contributed by atoms with van der Waals surface area (Å²) >= 11 is 0. The fraction of sp³-hybridized carbons (Fsp3) is 0.438. The molecule has 3 rings (SSSR count). The predicted molar refractivity (Wildman–Crippen MR) is 85.0 cm³/mol. The number of benzene rings is 1.